The lowest BCUT2D eigenvalue weighted by Crippen LogP contribution is -2.57. The number of nitrogens with one attached hydrogen (secondary N) is 8. The van der Waals surface area contributed by atoms with Gasteiger partial charge in [0, 0.05) is 117 Å². The number of likely N-dealkylation sites (tertiary alicyclic amines) is 12. The number of unbranched alkanes of at least 4 members (excludes halogenated alkanes) is 1. The van der Waals surface area contributed by atoms with Crippen LogP contribution in [0.15, 0.2) is 0 Å². The lowest BCUT2D eigenvalue weighted by Gasteiger charge is -2.32. The molecule has 17 N–H and O–H groups in total. The van der Waals surface area contributed by atoms with Crippen LogP contribution < -0.4 is 48.3 Å². The zero-order valence-corrected chi connectivity index (χ0v) is 73.2. The van der Waals surface area contributed by atoms with Crippen molar-refractivity contribution < 1.29 is 132 Å². The maximum Gasteiger partial charge on any atom is 0.326 e. The van der Waals surface area contributed by atoms with E-state index in [2.05, 4.69) is 42.5 Å². The number of nitrogens with two attached hydrogens (primary N) is 1. The van der Waals surface area contributed by atoms with E-state index >= 15 is 0 Å². The SMILES string of the molecule is NCCCC[C@H](NC(=O)CNC(=O)[C@@H]1CCCN1C(=O)[C@@H]1C[C@@H](O)CN1C(=O)CNC(=O)[C@@H]1CCCN1C(=O)[C@@H]1C[C@@H](O)CN1C(=O)CNC(=O)[C@@H]1CCCN1C(=O)[C@@H]1C[C@@H](O)CN1C(=O)CNC(=O)[C@@H]1CCCN1C(=O)[C@@H]1C[C@@H](O)CN1)C(=O)N1CCC[C@H]1C(=O)NCC(=O)N1C[C@H](O)C[C@H]1C(=O)N1CCC[C@H]1C(=O)NCC(=O)N1C[C@H](O)C[C@H]1C(=O)N1CCC[C@H]1C(=O)O. The van der Waals surface area contributed by atoms with Gasteiger partial charge in [-0.2, -0.15) is 0 Å². The van der Waals surface area contributed by atoms with Gasteiger partial charge in [-0.15, -0.1) is 0 Å². The van der Waals surface area contributed by atoms with Gasteiger partial charge in [-0.3, -0.25) is 91.1 Å². The average Bonchev–Trinajstić information content (AvgIpc) is 1.66. The number of β-amino-alcohol motifs (C(OH)–C–C–N with tert-alkyl or cyclic N) is 6. The predicted octanol–water partition coefficient (Wildman–Crippen LogP) is -12.1. The molecular formula is C83H123N21O27. The molecule has 722 valence electrons. The van der Waals surface area contributed by atoms with E-state index in [0.29, 0.717) is 70.8 Å². The first kappa shape index (κ1) is 97.6. The highest BCUT2D eigenvalue weighted by atomic mass is 16.4. The first-order valence-electron chi connectivity index (χ1n) is 45.9. The molecule has 0 aromatic heterocycles. The summed E-state index contributed by atoms with van der Waals surface area (Å²) in [6.45, 7) is -4.10. The van der Waals surface area contributed by atoms with E-state index in [4.69, 9.17) is 5.73 Å². The molecule has 0 spiro atoms. The largest absolute Gasteiger partial charge is 0.480 e. The fourth-order valence-electron chi connectivity index (χ4n) is 21.2. The van der Waals surface area contributed by atoms with Crippen LogP contribution in [0.4, 0.5) is 0 Å². The number of nitrogens with zero attached hydrogens (tertiary/aromatic N) is 12. The highest BCUT2D eigenvalue weighted by molar-refractivity contribution is 6.02. The lowest BCUT2D eigenvalue weighted by atomic mass is 10.1. The highest BCUT2D eigenvalue weighted by Crippen LogP contribution is 2.34. The van der Waals surface area contributed by atoms with Crippen molar-refractivity contribution in [3.63, 3.8) is 0 Å². The third-order valence-electron chi connectivity index (χ3n) is 27.8. The zero-order chi connectivity index (χ0) is 94.1. The molecule has 13 aliphatic heterocycles. The molecule has 0 saturated carbocycles. The van der Waals surface area contributed by atoms with Gasteiger partial charge in [0.05, 0.1) is 81.9 Å². The van der Waals surface area contributed by atoms with Gasteiger partial charge in [-0.1, -0.05) is 0 Å². The minimum atomic E-state index is -1.31. The Morgan fingerprint density at radius 3 is 0.817 bits per heavy atom. The second-order valence-corrected chi connectivity index (χ2v) is 36.5. The molecule has 0 aromatic carbocycles. The second kappa shape index (κ2) is 43.2. The Balaban J connectivity index is 0.539. The molecule has 0 aromatic rings. The summed E-state index contributed by atoms with van der Waals surface area (Å²) in [5.74, 6) is -14.4. The van der Waals surface area contributed by atoms with Gasteiger partial charge in [0.2, 0.25) is 112 Å². The molecule has 48 nitrogen and oxygen atoms in total. The van der Waals surface area contributed by atoms with Gasteiger partial charge in [0.1, 0.15) is 78.5 Å². The molecule has 131 heavy (non-hydrogen) atoms. The van der Waals surface area contributed by atoms with E-state index in [0.717, 1.165) is 24.5 Å². The number of amides is 19. The Morgan fingerprint density at radius 2 is 0.550 bits per heavy atom. The quantitative estimate of drug-likeness (QED) is 0.0287. The molecular weight excluding hydrogens is 1720 g/mol. The number of carbonyl (C=O) groups excluding carboxylic acids is 19. The number of hydrogen-bond acceptors (Lipinski definition) is 28. The number of rotatable bonds is 31. The van der Waals surface area contributed by atoms with E-state index in [9.17, 15) is 132 Å². The molecule has 20 atom stereocenters. The average molecular weight is 1850 g/mol. The summed E-state index contributed by atoms with van der Waals surface area (Å²) in [5, 5.41) is 94.4. The van der Waals surface area contributed by atoms with Crippen molar-refractivity contribution in [2.45, 2.75) is 269 Å². The maximum atomic E-state index is 14.5. The maximum absolute atomic E-state index is 14.5. The summed E-state index contributed by atoms with van der Waals surface area (Å²) in [6, 6.07) is -15.8. The summed E-state index contributed by atoms with van der Waals surface area (Å²) in [6.07, 6.45) is -2.44. The summed E-state index contributed by atoms with van der Waals surface area (Å²) < 4.78 is 0. The Hall–Kier alpha value is -10.9. The molecule has 48 heteroatoms. The molecule has 13 saturated heterocycles. The molecule has 13 heterocycles. The highest BCUT2D eigenvalue weighted by Gasteiger charge is 2.53. The van der Waals surface area contributed by atoms with Crippen LogP contribution in [-0.4, -0.2) is 465 Å². The molecule has 13 fully saturated rings. The minimum absolute atomic E-state index is 0.0393. The van der Waals surface area contributed by atoms with Crippen LogP contribution in [0.3, 0.4) is 0 Å². The summed E-state index contributed by atoms with van der Waals surface area (Å²) in [5.41, 5.74) is 5.80. The number of carboxylic acid groups (broad SMARTS) is 1. The number of carboxylic acids is 1. The molecule has 0 bridgehead atoms. The Morgan fingerprint density at radius 1 is 0.298 bits per heavy atom. The van der Waals surface area contributed by atoms with Crippen LogP contribution in [0.2, 0.25) is 0 Å². The first-order valence-corrected chi connectivity index (χ1v) is 45.9. The van der Waals surface area contributed by atoms with Crippen LogP contribution in [0.1, 0.15) is 148 Å². The van der Waals surface area contributed by atoms with Gasteiger partial charge < -0.3 is 143 Å². The van der Waals surface area contributed by atoms with Gasteiger partial charge in [0.15, 0.2) is 0 Å². The lowest BCUT2D eigenvalue weighted by molar-refractivity contribution is -0.151. The van der Waals surface area contributed by atoms with E-state index in [-0.39, 0.29) is 174 Å². The standard InChI is InChI=1S/C83H123N21O27/c84-18-2-1-10-50(76(123)93-19-3-11-52(93)71(118)87-34-65(112)101-40-46(107)28-60(101)79(126)98-24-8-16-57(98)75(122)91-38-69(116)104-43-49(110)31-63(104)82(129)99-25-9-17-58(99)83(130)131)92-64(111)33-86-70(117)54-13-5-21-95(54)78(125)59-27-45(106)39-100(59)67(114)36-89-73(120)56-15-7-23-97(56)81(128)62-30-48(109)42-103(62)68(115)37-90-74(121)55-14-6-22-96(55)80(127)61-29-47(108)41-102(61)66(113)35-88-72(119)53-12-4-20-94(53)77(124)51-26-44(105)32-85-51/h44-63,85,105-110H,1-43,84H2,(H,86,117)(H,87,118)(H,88,119)(H,89,120)(H,90,121)(H,91,122)(H,92,111)(H,130,131)/t44-,45-,46-,47-,48-,49-,50+,51+,52+,53+,54+,55+,56+,57+,58+,59+,60+,61+,62+,63+/m1/s1. The fraction of sp³-hybridized carbons (Fsp3) is 0.759. The number of carbonyl (C=O) groups is 20. The van der Waals surface area contributed by atoms with Crippen molar-refractivity contribution >= 4 is 118 Å². The van der Waals surface area contributed by atoms with Crippen molar-refractivity contribution in [2.75, 3.05) is 131 Å². The molecule has 0 unspecified atom stereocenters. The number of aliphatic hydroxyl groups is 6. The Bertz CT molecular complexity index is 4400. The number of hydrogen-bond donors (Lipinski definition) is 16. The topological polar surface area (TPSA) is 644 Å². The van der Waals surface area contributed by atoms with Crippen LogP contribution in [0.5, 0.6) is 0 Å². The van der Waals surface area contributed by atoms with Crippen molar-refractivity contribution in [1.29, 1.82) is 0 Å². The molecule has 13 rings (SSSR count). The van der Waals surface area contributed by atoms with E-state index in [1.165, 1.54) is 34.3 Å². The zero-order valence-electron chi connectivity index (χ0n) is 73.2. The molecule has 0 aliphatic carbocycles. The van der Waals surface area contributed by atoms with Crippen molar-refractivity contribution in [3.05, 3.63) is 0 Å². The van der Waals surface area contributed by atoms with Crippen molar-refractivity contribution in [2.24, 2.45) is 5.73 Å². The second-order valence-electron chi connectivity index (χ2n) is 36.5. The normalized spacial score (nSPS) is 30.2. The van der Waals surface area contributed by atoms with Gasteiger partial charge in [-0.25, -0.2) is 4.79 Å². The third-order valence-corrected chi connectivity index (χ3v) is 27.8. The minimum Gasteiger partial charge on any atom is -0.480 e. The Kier molecular flexibility index (Phi) is 32.2. The summed E-state index contributed by atoms with van der Waals surface area (Å²) in [4.78, 5) is 291. The van der Waals surface area contributed by atoms with Crippen molar-refractivity contribution in [1.82, 2.24) is 101 Å². The first-order chi connectivity index (χ1) is 62.6. The van der Waals surface area contributed by atoms with E-state index in [1.807, 2.05) is 0 Å². The van der Waals surface area contributed by atoms with E-state index in [1.54, 1.807) is 0 Å². The number of aliphatic carboxylic acids is 1. The molecule has 0 radical (unpaired) electrons. The Labute approximate surface area is 753 Å². The van der Waals surface area contributed by atoms with E-state index < -0.39 is 273 Å². The van der Waals surface area contributed by atoms with Gasteiger partial charge in [0.25, 0.3) is 0 Å². The molecule has 19 amide bonds. The molecule has 13 aliphatic rings. The fourth-order valence-corrected chi connectivity index (χ4v) is 21.2. The predicted molar refractivity (Wildman–Crippen MR) is 447 cm³/mol. The van der Waals surface area contributed by atoms with Crippen LogP contribution >= 0.6 is 0 Å². The number of aliphatic hydroxyl groups excluding tert-OH is 6. The van der Waals surface area contributed by atoms with Crippen LogP contribution in [0.25, 0.3) is 0 Å². The van der Waals surface area contributed by atoms with Crippen LogP contribution in [-0.2, 0) is 95.9 Å². The summed E-state index contributed by atoms with van der Waals surface area (Å²) in [7, 11) is 0. The van der Waals surface area contributed by atoms with Crippen molar-refractivity contribution in [3.8, 4) is 0 Å². The van der Waals surface area contributed by atoms with Crippen LogP contribution in [0, 0.1) is 0 Å². The van der Waals surface area contributed by atoms with Gasteiger partial charge >= 0.3 is 5.97 Å². The monoisotopic (exact) mass is 1850 g/mol. The third kappa shape index (κ3) is 22.2. The summed E-state index contributed by atoms with van der Waals surface area (Å²) >= 11 is 0. The smallest absolute Gasteiger partial charge is 0.326 e. The van der Waals surface area contributed by atoms with Gasteiger partial charge in [-0.05, 0) is 122 Å².